The van der Waals surface area contributed by atoms with E-state index in [9.17, 15) is 13.2 Å². The summed E-state index contributed by atoms with van der Waals surface area (Å²) in [6.45, 7) is 1.71. The van der Waals surface area contributed by atoms with E-state index in [-0.39, 0.29) is 34.6 Å². The fraction of sp³-hybridized carbons (Fsp3) is 0.286. The summed E-state index contributed by atoms with van der Waals surface area (Å²) in [5, 5.41) is 12.0. The Hall–Kier alpha value is -1.68. The average molecular weight is 391 g/mol. The van der Waals surface area contributed by atoms with Crippen LogP contribution < -0.4 is 10.1 Å². The molecule has 10 heteroatoms. The van der Waals surface area contributed by atoms with Gasteiger partial charge in [0, 0.05) is 31.4 Å². The van der Waals surface area contributed by atoms with E-state index in [2.05, 4.69) is 5.32 Å². The standard InChI is InChI=1S/C14H18N4O3S2.ClH/c1-10-4-5-11(8-12(10)23(20,21)17(2)3)16-13(19)9-18-6-7-22-14(18)15;/h4-8,15H,9H2,1-3H3,(H,16,19);1H. The maximum Gasteiger partial charge on any atom is 0.244 e. The highest BCUT2D eigenvalue weighted by Gasteiger charge is 2.20. The Kier molecular flexibility index (Phi) is 6.73. The first kappa shape index (κ1) is 20.4. The van der Waals surface area contributed by atoms with Crippen molar-refractivity contribution in [3.8, 4) is 0 Å². The van der Waals surface area contributed by atoms with Crippen LogP contribution in [0, 0.1) is 12.3 Å². The number of anilines is 1. The summed E-state index contributed by atoms with van der Waals surface area (Å²) in [4.78, 5) is 12.5. The highest BCUT2D eigenvalue weighted by Crippen LogP contribution is 2.22. The molecule has 2 rings (SSSR count). The average Bonchev–Trinajstić information content (AvgIpc) is 2.86. The van der Waals surface area contributed by atoms with Crippen LogP contribution in [-0.2, 0) is 21.4 Å². The number of benzene rings is 1. The summed E-state index contributed by atoms with van der Waals surface area (Å²) in [6, 6.07) is 4.75. The van der Waals surface area contributed by atoms with Crippen LogP contribution in [0.25, 0.3) is 0 Å². The summed E-state index contributed by atoms with van der Waals surface area (Å²) < 4.78 is 27.2. The Bertz CT molecular complexity index is 887. The smallest absolute Gasteiger partial charge is 0.244 e. The van der Waals surface area contributed by atoms with Gasteiger partial charge < -0.3 is 9.88 Å². The molecular formula is C14H19ClN4O3S2. The van der Waals surface area contributed by atoms with Crippen LogP contribution in [-0.4, -0.2) is 37.3 Å². The number of carbonyl (C=O) groups excluding carboxylic acids is 1. The summed E-state index contributed by atoms with van der Waals surface area (Å²) in [5.74, 6) is -0.320. The van der Waals surface area contributed by atoms with Crippen LogP contribution in [0.2, 0.25) is 0 Å². The Balaban J connectivity index is 0.00000288. The van der Waals surface area contributed by atoms with E-state index >= 15 is 0 Å². The Morgan fingerprint density at radius 1 is 1.38 bits per heavy atom. The molecule has 0 aliphatic rings. The van der Waals surface area contributed by atoms with Gasteiger partial charge >= 0.3 is 0 Å². The number of carbonyl (C=O) groups is 1. The molecule has 0 bridgehead atoms. The van der Waals surface area contributed by atoms with Crippen molar-refractivity contribution >= 4 is 45.4 Å². The van der Waals surface area contributed by atoms with Crippen molar-refractivity contribution in [2.75, 3.05) is 19.4 Å². The fourth-order valence-corrected chi connectivity index (χ4v) is 3.68. The number of aromatic nitrogens is 1. The third-order valence-corrected chi connectivity index (χ3v) is 5.90. The number of hydrogen-bond acceptors (Lipinski definition) is 5. The zero-order valence-electron chi connectivity index (χ0n) is 13.4. The quantitative estimate of drug-likeness (QED) is 0.812. The lowest BCUT2D eigenvalue weighted by Gasteiger charge is -2.15. The number of aryl methyl sites for hydroxylation is 1. The van der Waals surface area contributed by atoms with Gasteiger partial charge in [-0.3, -0.25) is 10.2 Å². The van der Waals surface area contributed by atoms with E-state index in [1.165, 1.54) is 36.1 Å². The van der Waals surface area contributed by atoms with Crippen LogP contribution in [0.5, 0.6) is 0 Å². The summed E-state index contributed by atoms with van der Waals surface area (Å²) >= 11 is 1.23. The highest BCUT2D eigenvalue weighted by atomic mass is 35.5. The molecule has 0 aliphatic carbocycles. The van der Waals surface area contributed by atoms with E-state index < -0.39 is 10.0 Å². The van der Waals surface area contributed by atoms with Crippen LogP contribution in [0.4, 0.5) is 5.69 Å². The fourth-order valence-electron chi connectivity index (χ4n) is 1.94. The van der Waals surface area contributed by atoms with Gasteiger partial charge in [0.1, 0.15) is 6.54 Å². The molecule has 0 unspecified atom stereocenters. The largest absolute Gasteiger partial charge is 0.324 e. The predicted molar refractivity (Wildman–Crippen MR) is 96.1 cm³/mol. The molecule has 1 aromatic heterocycles. The number of rotatable bonds is 5. The highest BCUT2D eigenvalue weighted by molar-refractivity contribution is 7.89. The summed E-state index contributed by atoms with van der Waals surface area (Å²) in [5.41, 5.74) is 1.01. The molecule has 7 nitrogen and oxygen atoms in total. The van der Waals surface area contributed by atoms with Crippen LogP contribution in [0.3, 0.4) is 0 Å². The minimum absolute atomic E-state index is 0. The lowest BCUT2D eigenvalue weighted by molar-refractivity contribution is -0.116. The first-order chi connectivity index (χ1) is 10.7. The molecule has 0 saturated heterocycles. The number of amides is 1. The molecule has 0 aliphatic heterocycles. The number of sulfonamides is 1. The molecule has 1 heterocycles. The summed E-state index contributed by atoms with van der Waals surface area (Å²) in [6.07, 6.45) is 1.66. The molecule has 1 aromatic carbocycles. The second-order valence-corrected chi connectivity index (χ2v) is 8.17. The third-order valence-electron chi connectivity index (χ3n) is 3.23. The Morgan fingerprint density at radius 2 is 2.04 bits per heavy atom. The molecule has 2 aromatic rings. The molecule has 0 saturated carbocycles. The molecule has 0 radical (unpaired) electrons. The zero-order chi connectivity index (χ0) is 17.2. The Labute approximate surface area is 150 Å². The van der Waals surface area contributed by atoms with E-state index in [0.717, 1.165) is 4.31 Å². The molecule has 132 valence electrons. The van der Waals surface area contributed by atoms with Gasteiger partial charge in [0.2, 0.25) is 15.9 Å². The van der Waals surface area contributed by atoms with Gasteiger partial charge in [0.15, 0.2) is 4.80 Å². The molecule has 1 amide bonds. The minimum atomic E-state index is -3.57. The van der Waals surface area contributed by atoms with Crippen LogP contribution in [0.1, 0.15) is 5.56 Å². The van der Waals surface area contributed by atoms with Gasteiger partial charge in [-0.15, -0.1) is 23.7 Å². The van der Waals surface area contributed by atoms with Crippen molar-refractivity contribution in [2.45, 2.75) is 18.4 Å². The Morgan fingerprint density at radius 3 is 2.58 bits per heavy atom. The molecular weight excluding hydrogens is 372 g/mol. The van der Waals surface area contributed by atoms with E-state index in [1.54, 1.807) is 30.6 Å². The predicted octanol–water partition coefficient (Wildman–Crippen LogP) is 1.65. The molecule has 2 N–H and O–H groups in total. The lowest BCUT2D eigenvalue weighted by Crippen LogP contribution is -2.25. The maximum absolute atomic E-state index is 12.3. The zero-order valence-corrected chi connectivity index (χ0v) is 15.9. The second kappa shape index (κ2) is 7.93. The van der Waals surface area contributed by atoms with Crippen molar-refractivity contribution in [3.05, 3.63) is 40.1 Å². The van der Waals surface area contributed by atoms with E-state index in [0.29, 0.717) is 11.3 Å². The van der Waals surface area contributed by atoms with Gasteiger partial charge in [-0.05, 0) is 24.6 Å². The summed E-state index contributed by atoms with van der Waals surface area (Å²) in [7, 11) is -0.651. The van der Waals surface area contributed by atoms with Gasteiger partial charge in [0.05, 0.1) is 4.90 Å². The van der Waals surface area contributed by atoms with E-state index in [4.69, 9.17) is 5.41 Å². The van der Waals surface area contributed by atoms with Crippen molar-refractivity contribution in [3.63, 3.8) is 0 Å². The number of hydrogen-bond donors (Lipinski definition) is 2. The maximum atomic E-state index is 12.3. The first-order valence-corrected chi connectivity index (χ1v) is 9.05. The van der Waals surface area contributed by atoms with Crippen molar-refractivity contribution in [2.24, 2.45) is 0 Å². The topological polar surface area (TPSA) is 95.3 Å². The van der Waals surface area contributed by atoms with Crippen LogP contribution in [0.15, 0.2) is 34.7 Å². The van der Waals surface area contributed by atoms with Crippen molar-refractivity contribution in [1.29, 1.82) is 5.41 Å². The van der Waals surface area contributed by atoms with Gasteiger partial charge in [-0.2, -0.15) is 0 Å². The number of nitrogens with one attached hydrogen (secondary N) is 2. The number of halogens is 1. The van der Waals surface area contributed by atoms with Gasteiger partial charge in [-0.1, -0.05) is 6.07 Å². The molecule has 0 spiro atoms. The molecule has 0 fully saturated rings. The lowest BCUT2D eigenvalue weighted by atomic mass is 10.2. The first-order valence-electron chi connectivity index (χ1n) is 6.73. The van der Waals surface area contributed by atoms with Gasteiger partial charge in [-0.25, -0.2) is 12.7 Å². The normalized spacial score (nSPS) is 11.2. The third kappa shape index (κ3) is 4.44. The second-order valence-electron chi connectivity index (χ2n) is 5.15. The SMILES string of the molecule is Cc1ccc(NC(=O)Cn2ccsc2=N)cc1S(=O)(=O)N(C)C.Cl. The van der Waals surface area contributed by atoms with Gasteiger partial charge in [0.25, 0.3) is 0 Å². The number of thiazole rings is 1. The van der Waals surface area contributed by atoms with E-state index in [1.807, 2.05) is 0 Å². The minimum Gasteiger partial charge on any atom is -0.324 e. The van der Waals surface area contributed by atoms with Crippen molar-refractivity contribution < 1.29 is 13.2 Å². The van der Waals surface area contributed by atoms with Crippen LogP contribution >= 0.6 is 23.7 Å². The van der Waals surface area contributed by atoms with Crippen molar-refractivity contribution in [1.82, 2.24) is 8.87 Å². The molecule has 24 heavy (non-hydrogen) atoms. The number of nitrogens with zero attached hydrogens (tertiary/aromatic N) is 2. The monoisotopic (exact) mass is 390 g/mol. The molecule has 0 atom stereocenters.